The van der Waals surface area contributed by atoms with Gasteiger partial charge in [0.1, 0.15) is 30.3 Å². The smallest absolute Gasteiger partial charge is 0.341 e. The fourth-order valence-corrected chi connectivity index (χ4v) is 5.65. The minimum atomic E-state index is -5.04. The average Bonchev–Trinajstić information content (AvgIpc) is 3.42. The van der Waals surface area contributed by atoms with Crippen molar-refractivity contribution >= 4 is 50.9 Å². The highest BCUT2D eigenvalue weighted by molar-refractivity contribution is 6.31. The zero-order chi connectivity index (χ0) is 32.6. The summed E-state index contributed by atoms with van der Waals surface area (Å²) in [6, 6.07) is 3.76. The number of nitrogens with zero attached hydrogens (tertiary/aromatic N) is 4. The Morgan fingerprint density at radius 2 is 1.73 bits per heavy atom. The maximum absolute atomic E-state index is 14.4. The molecule has 0 saturated carbocycles. The molecule has 0 aliphatic carbocycles. The summed E-state index contributed by atoms with van der Waals surface area (Å²) in [6.45, 7) is -3.29. The molecule has 1 aliphatic rings. The van der Waals surface area contributed by atoms with Gasteiger partial charge in [-0.15, -0.1) is 0 Å². The van der Waals surface area contributed by atoms with Gasteiger partial charge in [0.25, 0.3) is 5.91 Å². The molecule has 3 heterocycles. The van der Waals surface area contributed by atoms with Crippen molar-refractivity contribution in [3.63, 3.8) is 0 Å². The van der Waals surface area contributed by atoms with Crippen molar-refractivity contribution in [2.75, 3.05) is 5.32 Å². The molecule has 0 bridgehead atoms. The van der Waals surface area contributed by atoms with Crippen LogP contribution >= 0.6 is 11.6 Å². The normalized spacial score (nSPS) is 15.2. The lowest BCUT2D eigenvalue weighted by Gasteiger charge is -2.20. The van der Waals surface area contributed by atoms with Gasteiger partial charge in [0, 0.05) is 27.2 Å². The van der Waals surface area contributed by atoms with E-state index in [1.165, 1.54) is 6.07 Å². The summed E-state index contributed by atoms with van der Waals surface area (Å²) >= 11 is 6.31. The number of imidazole rings is 1. The van der Waals surface area contributed by atoms with E-state index < -0.39 is 93.8 Å². The fraction of sp³-hybridized carbons (Fsp3) is 0.185. The van der Waals surface area contributed by atoms with E-state index in [1.807, 2.05) is 0 Å². The van der Waals surface area contributed by atoms with Crippen molar-refractivity contribution < 1.29 is 44.3 Å². The molecule has 1 amide bonds. The molecule has 8 nitrogen and oxygen atoms in total. The summed E-state index contributed by atoms with van der Waals surface area (Å²) in [6.07, 6.45) is -9.21. The van der Waals surface area contributed by atoms with E-state index in [9.17, 15) is 44.3 Å². The molecule has 0 radical (unpaired) electrons. The Morgan fingerprint density at radius 1 is 1.00 bits per heavy atom. The number of hydrogen-bond acceptors (Lipinski definition) is 5. The third-order valence-electron chi connectivity index (χ3n) is 7.17. The third-order valence-corrected chi connectivity index (χ3v) is 7.52. The van der Waals surface area contributed by atoms with Crippen LogP contribution in [-0.4, -0.2) is 31.2 Å². The molecular weight excluding hydrogens is 645 g/mol. The van der Waals surface area contributed by atoms with Crippen LogP contribution in [0, 0.1) is 17.0 Å². The van der Waals surface area contributed by atoms with E-state index in [0.717, 1.165) is 24.5 Å². The number of alkyl halides is 7. The monoisotopic (exact) mass is 659 g/mol. The highest BCUT2D eigenvalue weighted by atomic mass is 35.5. The largest absolute Gasteiger partial charge is 0.418 e. The molecule has 0 saturated heterocycles. The molecule has 18 heteroatoms. The minimum absolute atomic E-state index is 0.0308. The molecule has 2 aromatic heterocycles. The van der Waals surface area contributed by atoms with Crippen molar-refractivity contribution in [1.82, 2.24) is 24.4 Å². The summed E-state index contributed by atoms with van der Waals surface area (Å²) in [7, 11) is 0. The quantitative estimate of drug-likeness (QED) is 0.179. The van der Waals surface area contributed by atoms with E-state index in [0.29, 0.717) is 15.2 Å². The molecule has 5 aromatic rings. The second-order valence-corrected chi connectivity index (χ2v) is 10.3. The maximum Gasteiger partial charge on any atom is 0.418 e. The number of anilines is 2. The zero-order valence-corrected chi connectivity index (χ0v) is 22.8. The Balaban J connectivity index is 1.69. The first-order valence-corrected chi connectivity index (χ1v) is 13.0. The van der Waals surface area contributed by atoms with Crippen molar-refractivity contribution in [2.45, 2.75) is 31.7 Å². The topological polar surface area (TPSA) is 101 Å². The molecule has 45 heavy (non-hydrogen) atoms. The van der Waals surface area contributed by atoms with Gasteiger partial charge in [-0.2, -0.15) is 26.3 Å². The summed E-state index contributed by atoms with van der Waals surface area (Å²) in [4.78, 5) is 21.0. The molecule has 1 unspecified atom stereocenters. The third kappa shape index (κ3) is 5.09. The number of benzene rings is 3. The van der Waals surface area contributed by atoms with Crippen LogP contribution in [0.4, 0.5) is 51.0 Å². The van der Waals surface area contributed by atoms with Crippen LogP contribution in [0.2, 0.25) is 5.02 Å². The number of nitrogens with one attached hydrogen (secondary N) is 3. The second kappa shape index (κ2) is 10.4. The fourth-order valence-electron chi connectivity index (χ4n) is 5.43. The van der Waals surface area contributed by atoms with E-state index in [-0.39, 0.29) is 27.9 Å². The SMILES string of the molecule is N=c1n(CC(F)(F)F)c2cc(Nc3ncnc4c(C(F)(F)F)cc(F)cc34)c3c(c2n1CF)C(=O)NC3c1cc(F)ccc1Cl. The first-order valence-electron chi connectivity index (χ1n) is 12.6. The first kappa shape index (κ1) is 30.2. The Morgan fingerprint density at radius 3 is 2.40 bits per heavy atom. The standard InChI is InChI=1S/C27H15ClF9N7O/c28-15-2-1-10(30)3-12(15)21-18-16(41-23-13-4-11(31)5-14(27(35,36)37)20(13)39-9-40-23)6-17-22(19(18)24(45)42-21)44(8-29)25(38)43(17)7-26(32,33)34/h1-6,9,21,38H,7-8H2,(H,42,45)(H,39,40,41). The number of fused-ring (bicyclic) bond motifs is 4. The molecule has 1 atom stereocenters. The highest BCUT2D eigenvalue weighted by Gasteiger charge is 2.40. The lowest BCUT2D eigenvalue weighted by atomic mass is 9.95. The van der Waals surface area contributed by atoms with Crippen LogP contribution in [0.15, 0.2) is 42.7 Å². The number of amides is 1. The molecule has 3 aromatic carbocycles. The van der Waals surface area contributed by atoms with Gasteiger partial charge in [0.05, 0.1) is 33.7 Å². The molecule has 0 spiro atoms. The lowest BCUT2D eigenvalue weighted by Crippen LogP contribution is -2.29. The molecule has 1 aliphatic heterocycles. The zero-order valence-electron chi connectivity index (χ0n) is 22.0. The van der Waals surface area contributed by atoms with Gasteiger partial charge in [-0.05, 0) is 36.4 Å². The predicted octanol–water partition coefficient (Wildman–Crippen LogP) is 6.88. The number of hydrogen-bond donors (Lipinski definition) is 3. The average molecular weight is 660 g/mol. The van der Waals surface area contributed by atoms with Crippen molar-refractivity contribution in [2.24, 2.45) is 0 Å². The summed E-state index contributed by atoms with van der Waals surface area (Å²) in [5.74, 6) is -3.51. The molecule has 3 N–H and O–H groups in total. The van der Waals surface area contributed by atoms with E-state index in [2.05, 4.69) is 20.6 Å². The summed E-state index contributed by atoms with van der Waals surface area (Å²) in [5.41, 5.74) is -4.86. The van der Waals surface area contributed by atoms with Crippen molar-refractivity contribution in [1.29, 1.82) is 5.41 Å². The molecule has 234 valence electrons. The van der Waals surface area contributed by atoms with Crippen LogP contribution in [0.3, 0.4) is 0 Å². The second-order valence-electron chi connectivity index (χ2n) is 9.92. The van der Waals surface area contributed by atoms with Crippen molar-refractivity contribution in [3.8, 4) is 0 Å². The number of carbonyl (C=O) groups is 1. The van der Waals surface area contributed by atoms with Gasteiger partial charge in [-0.3, -0.25) is 14.8 Å². The number of carbonyl (C=O) groups excluding carboxylic acids is 1. The summed E-state index contributed by atoms with van der Waals surface area (Å²) in [5, 5.41) is 12.9. The minimum Gasteiger partial charge on any atom is -0.341 e. The van der Waals surface area contributed by atoms with E-state index in [1.54, 1.807) is 0 Å². The van der Waals surface area contributed by atoms with Gasteiger partial charge < -0.3 is 15.2 Å². The first-order chi connectivity index (χ1) is 21.1. The van der Waals surface area contributed by atoms with Crippen LogP contribution in [-0.2, 0) is 19.5 Å². The summed E-state index contributed by atoms with van der Waals surface area (Å²) < 4.78 is 126. The Labute approximate surface area is 249 Å². The Kier molecular flexibility index (Phi) is 6.98. The van der Waals surface area contributed by atoms with Crippen LogP contribution in [0.25, 0.3) is 21.9 Å². The Bertz CT molecular complexity index is 2100. The van der Waals surface area contributed by atoms with Crippen LogP contribution in [0.5, 0.6) is 0 Å². The van der Waals surface area contributed by atoms with Gasteiger partial charge in [-0.1, -0.05) is 11.6 Å². The molecule has 0 fully saturated rings. The Hall–Kier alpha value is -4.80. The van der Waals surface area contributed by atoms with Gasteiger partial charge in [0.15, 0.2) is 6.80 Å². The van der Waals surface area contributed by atoms with E-state index in [4.69, 9.17) is 17.0 Å². The highest BCUT2D eigenvalue weighted by Crippen LogP contribution is 2.44. The number of rotatable bonds is 5. The van der Waals surface area contributed by atoms with Crippen molar-refractivity contribution in [3.05, 3.63) is 87.3 Å². The van der Waals surface area contributed by atoms with E-state index >= 15 is 0 Å². The maximum atomic E-state index is 14.4. The van der Waals surface area contributed by atoms with Gasteiger partial charge in [-0.25, -0.2) is 23.1 Å². The molecule has 6 rings (SSSR count). The van der Waals surface area contributed by atoms with Gasteiger partial charge in [0.2, 0.25) is 5.62 Å². The number of halogens is 10. The van der Waals surface area contributed by atoms with Crippen LogP contribution in [0.1, 0.15) is 33.1 Å². The lowest BCUT2D eigenvalue weighted by molar-refractivity contribution is -0.140. The van der Waals surface area contributed by atoms with Gasteiger partial charge >= 0.3 is 12.4 Å². The molecular formula is C27H15ClF9N7O. The number of aromatic nitrogens is 4. The predicted molar refractivity (Wildman–Crippen MR) is 141 cm³/mol. The van der Waals surface area contributed by atoms with Crippen LogP contribution < -0.4 is 16.3 Å².